The maximum absolute atomic E-state index is 12.8. The first-order valence-electron chi connectivity index (χ1n) is 9.35. The third-order valence-corrected chi connectivity index (χ3v) is 6.91. The molecular formula is C22H20N2O2. The first-order chi connectivity index (χ1) is 12.4. The fourth-order valence-electron chi connectivity index (χ4n) is 5.25. The molecule has 6 rings (SSSR count). The Kier molecular flexibility index (Phi) is 2.35. The molecule has 2 atom stereocenters. The van der Waals surface area contributed by atoms with E-state index in [9.17, 15) is 9.59 Å². The number of carbonyl (C=O) groups excluding carboxylic acids is 2. The molecule has 2 unspecified atom stereocenters. The molecule has 2 aliphatic carbocycles. The number of hydrogen-bond donors (Lipinski definition) is 2. The van der Waals surface area contributed by atoms with Crippen molar-refractivity contribution in [3.8, 4) is 0 Å². The lowest BCUT2D eigenvalue weighted by atomic mass is 9.88. The zero-order valence-corrected chi connectivity index (χ0v) is 14.9. The van der Waals surface area contributed by atoms with Crippen molar-refractivity contribution in [1.82, 2.24) is 5.32 Å². The molecule has 26 heavy (non-hydrogen) atoms. The van der Waals surface area contributed by atoms with Gasteiger partial charge in [0.1, 0.15) is 0 Å². The van der Waals surface area contributed by atoms with Gasteiger partial charge in [-0.2, -0.15) is 0 Å². The average molecular weight is 344 g/mol. The molecule has 0 radical (unpaired) electrons. The lowest BCUT2D eigenvalue weighted by molar-refractivity contribution is -0.118. The third-order valence-electron chi connectivity index (χ3n) is 6.91. The van der Waals surface area contributed by atoms with Gasteiger partial charge in [0, 0.05) is 17.2 Å². The van der Waals surface area contributed by atoms with Crippen molar-refractivity contribution in [3.63, 3.8) is 0 Å². The lowest BCUT2D eigenvalue weighted by Gasteiger charge is -2.14. The summed E-state index contributed by atoms with van der Waals surface area (Å²) >= 11 is 0. The van der Waals surface area contributed by atoms with Gasteiger partial charge in [-0.15, -0.1) is 0 Å². The predicted octanol–water partition coefficient (Wildman–Crippen LogP) is 3.41. The number of aryl methyl sites for hydroxylation is 2. The topological polar surface area (TPSA) is 58.2 Å². The second-order valence-electron chi connectivity index (χ2n) is 8.52. The van der Waals surface area contributed by atoms with Crippen LogP contribution in [0.1, 0.15) is 63.4 Å². The molecule has 0 bridgehead atoms. The Bertz CT molecular complexity index is 1050. The Morgan fingerprint density at radius 1 is 1.04 bits per heavy atom. The summed E-state index contributed by atoms with van der Waals surface area (Å²) in [6, 6.07) is 10.5. The van der Waals surface area contributed by atoms with E-state index in [2.05, 4.69) is 47.9 Å². The fraction of sp³-hybridized carbons (Fsp3) is 0.364. The zero-order chi connectivity index (χ0) is 17.8. The van der Waals surface area contributed by atoms with Crippen LogP contribution in [-0.4, -0.2) is 11.8 Å². The van der Waals surface area contributed by atoms with Crippen molar-refractivity contribution < 1.29 is 9.59 Å². The molecule has 2 aliphatic heterocycles. The highest BCUT2D eigenvalue weighted by atomic mass is 16.2. The quantitative estimate of drug-likeness (QED) is 0.833. The Hall–Kier alpha value is -2.62. The van der Waals surface area contributed by atoms with Gasteiger partial charge < -0.3 is 10.6 Å². The zero-order valence-electron chi connectivity index (χ0n) is 14.9. The normalized spacial score (nSPS) is 28.8. The number of benzene rings is 2. The number of rotatable bonds is 1. The molecule has 4 aliphatic rings. The first kappa shape index (κ1) is 14.5. The molecule has 0 saturated heterocycles. The summed E-state index contributed by atoms with van der Waals surface area (Å²) in [4.78, 5) is 25.3. The molecule has 4 nitrogen and oxygen atoms in total. The van der Waals surface area contributed by atoms with Gasteiger partial charge in [0.2, 0.25) is 5.91 Å². The van der Waals surface area contributed by atoms with Gasteiger partial charge in [-0.3, -0.25) is 9.59 Å². The van der Waals surface area contributed by atoms with Crippen LogP contribution in [0.15, 0.2) is 30.3 Å². The van der Waals surface area contributed by atoms with Gasteiger partial charge in [-0.05, 0) is 73.1 Å². The smallest absolute Gasteiger partial charge is 0.252 e. The van der Waals surface area contributed by atoms with E-state index in [0.29, 0.717) is 0 Å². The minimum absolute atomic E-state index is 0.0420. The Morgan fingerprint density at radius 2 is 1.85 bits per heavy atom. The van der Waals surface area contributed by atoms with Gasteiger partial charge in [0.05, 0.1) is 11.0 Å². The molecule has 2 fully saturated rings. The van der Waals surface area contributed by atoms with Crippen LogP contribution in [0.3, 0.4) is 0 Å². The van der Waals surface area contributed by atoms with Gasteiger partial charge in [0.15, 0.2) is 0 Å². The van der Waals surface area contributed by atoms with Crippen molar-refractivity contribution in [2.45, 2.75) is 50.0 Å². The Labute approximate surface area is 152 Å². The molecular weight excluding hydrogens is 324 g/mol. The maximum Gasteiger partial charge on any atom is 0.252 e. The number of amides is 2. The predicted molar refractivity (Wildman–Crippen MR) is 98.4 cm³/mol. The van der Waals surface area contributed by atoms with Crippen LogP contribution >= 0.6 is 0 Å². The molecule has 130 valence electrons. The van der Waals surface area contributed by atoms with Crippen LogP contribution in [0.25, 0.3) is 0 Å². The molecule has 2 heterocycles. The standard InChI is InChI=1S/C22H20N2O2/c1-11-3-4-15-18(7-11)23-20(26)22(15)10-17(22)13-9-14-16(8-12(13)2)21(5-6-21)24-19(14)25/h3-4,7-9,17H,5-6,10H2,1-2H3,(H,23,26)(H,24,25). The van der Waals surface area contributed by atoms with E-state index in [1.165, 1.54) is 5.56 Å². The summed E-state index contributed by atoms with van der Waals surface area (Å²) in [6.07, 6.45) is 2.89. The SMILES string of the molecule is Cc1ccc2c(c1)NC(=O)C21CC1c1cc2c(cc1C)C1(CC1)NC2=O. The number of carbonyl (C=O) groups is 2. The number of fused-ring (bicyclic) bond motifs is 4. The molecule has 2 N–H and O–H groups in total. The van der Waals surface area contributed by atoms with E-state index in [-0.39, 0.29) is 23.3 Å². The minimum atomic E-state index is -0.450. The second-order valence-corrected chi connectivity index (χ2v) is 8.52. The van der Waals surface area contributed by atoms with Crippen molar-refractivity contribution in [3.05, 3.63) is 63.7 Å². The van der Waals surface area contributed by atoms with Crippen LogP contribution in [0.2, 0.25) is 0 Å². The lowest BCUT2D eigenvalue weighted by Crippen LogP contribution is -2.25. The highest BCUT2D eigenvalue weighted by molar-refractivity contribution is 6.10. The van der Waals surface area contributed by atoms with E-state index in [0.717, 1.165) is 52.8 Å². The molecule has 0 aromatic heterocycles. The van der Waals surface area contributed by atoms with E-state index < -0.39 is 5.41 Å². The maximum atomic E-state index is 12.8. The van der Waals surface area contributed by atoms with Crippen LogP contribution in [0.4, 0.5) is 5.69 Å². The summed E-state index contributed by atoms with van der Waals surface area (Å²) in [5.41, 5.74) is 6.99. The minimum Gasteiger partial charge on any atom is -0.342 e. The van der Waals surface area contributed by atoms with Gasteiger partial charge in [-0.25, -0.2) is 0 Å². The van der Waals surface area contributed by atoms with Gasteiger partial charge in [0.25, 0.3) is 5.91 Å². The highest BCUT2D eigenvalue weighted by Gasteiger charge is 2.65. The van der Waals surface area contributed by atoms with Gasteiger partial charge >= 0.3 is 0 Å². The van der Waals surface area contributed by atoms with Crippen LogP contribution in [0.5, 0.6) is 0 Å². The van der Waals surface area contributed by atoms with Crippen LogP contribution in [-0.2, 0) is 15.7 Å². The van der Waals surface area contributed by atoms with E-state index in [1.807, 2.05) is 6.92 Å². The van der Waals surface area contributed by atoms with E-state index >= 15 is 0 Å². The molecule has 2 amide bonds. The fourth-order valence-corrected chi connectivity index (χ4v) is 5.25. The Balaban J connectivity index is 1.47. The monoisotopic (exact) mass is 344 g/mol. The summed E-state index contributed by atoms with van der Waals surface area (Å²) in [7, 11) is 0. The number of anilines is 1. The first-order valence-corrected chi connectivity index (χ1v) is 9.35. The molecule has 4 heteroatoms. The van der Waals surface area contributed by atoms with Crippen molar-refractivity contribution in [1.29, 1.82) is 0 Å². The number of hydrogen-bond acceptors (Lipinski definition) is 2. The van der Waals surface area contributed by atoms with Crippen molar-refractivity contribution in [2.75, 3.05) is 5.32 Å². The summed E-state index contributed by atoms with van der Waals surface area (Å²) in [5.74, 6) is 0.298. The highest BCUT2D eigenvalue weighted by Crippen LogP contribution is 2.66. The molecule has 2 saturated carbocycles. The molecule has 2 aromatic carbocycles. The second kappa shape index (κ2) is 4.20. The summed E-state index contributed by atoms with van der Waals surface area (Å²) in [5, 5.41) is 6.23. The van der Waals surface area contributed by atoms with Gasteiger partial charge in [-0.1, -0.05) is 18.2 Å². The third kappa shape index (κ3) is 1.56. The van der Waals surface area contributed by atoms with Crippen LogP contribution < -0.4 is 10.6 Å². The summed E-state index contributed by atoms with van der Waals surface area (Å²) in [6.45, 7) is 4.15. The van der Waals surface area contributed by atoms with Crippen molar-refractivity contribution in [2.24, 2.45) is 0 Å². The summed E-state index contributed by atoms with van der Waals surface area (Å²) < 4.78 is 0. The van der Waals surface area contributed by atoms with Crippen molar-refractivity contribution >= 4 is 17.5 Å². The van der Waals surface area contributed by atoms with Crippen LogP contribution in [0, 0.1) is 13.8 Å². The van der Waals surface area contributed by atoms with E-state index in [1.54, 1.807) is 0 Å². The largest absolute Gasteiger partial charge is 0.342 e. The Morgan fingerprint density at radius 3 is 2.62 bits per heavy atom. The number of nitrogens with one attached hydrogen (secondary N) is 2. The average Bonchev–Trinajstić information content (AvgIpc) is 3.47. The van der Waals surface area contributed by atoms with E-state index in [4.69, 9.17) is 0 Å². The molecule has 2 aromatic rings. The molecule has 2 spiro atoms.